The molecule has 0 radical (unpaired) electrons. The van der Waals surface area contributed by atoms with E-state index in [9.17, 15) is 18.8 Å². The molecule has 1 fully saturated rings. The molecule has 7 heteroatoms. The number of esters is 3. The van der Waals surface area contributed by atoms with E-state index >= 15 is 0 Å². The summed E-state index contributed by atoms with van der Waals surface area (Å²) >= 11 is 0. The van der Waals surface area contributed by atoms with Crippen molar-refractivity contribution >= 4 is 17.9 Å². The van der Waals surface area contributed by atoms with Gasteiger partial charge in [-0.3, -0.25) is 0 Å². The summed E-state index contributed by atoms with van der Waals surface area (Å²) in [5.41, 5.74) is -2.05. The summed E-state index contributed by atoms with van der Waals surface area (Å²) < 4.78 is 30.0. The minimum Gasteiger partial charge on any atom is -0.458 e. The Bertz CT molecular complexity index is 834. The van der Waals surface area contributed by atoms with Gasteiger partial charge in [-0.15, -0.1) is 0 Å². The minimum atomic E-state index is -2.55. The number of cyclic esters (lactones) is 1. The maximum absolute atomic E-state index is 14.8. The molecule has 0 saturated carbocycles. The third-order valence-electron chi connectivity index (χ3n) is 4.16. The van der Waals surface area contributed by atoms with Crippen LogP contribution < -0.4 is 0 Å². The summed E-state index contributed by atoms with van der Waals surface area (Å²) in [7, 11) is 0. The van der Waals surface area contributed by atoms with Gasteiger partial charge in [0.05, 0.1) is 11.1 Å². The molecule has 3 atom stereocenters. The zero-order valence-corrected chi connectivity index (χ0v) is 14.5. The monoisotopic (exact) mass is 372 g/mol. The van der Waals surface area contributed by atoms with E-state index in [0.29, 0.717) is 5.56 Å². The summed E-state index contributed by atoms with van der Waals surface area (Å²) in [4.78, 5) is 36.1. The number of carbonyl (C=O) groups excluding carboxylic acids is 3. The van der Waals surface area contributed by atoms with E-state index in [1.165, 1.54) is 12.1 Å². The van der Waals surface area contributed by atoms with E-state index in [4.69, 9.17) is 14.2 Å². The summed E-state index contributed by atoms with van der Waals surface area (Å²) in [5, 5.41) is 0. The zero-order valence-electron chi connectivity index (χ0n) is 14.5. The molecule has 2 aromatic carbocycles. The molecule has 0 amide bonds. The van der Waals surface area contributed by atoms with E-state index in [-0.39, 0.29) is 5.56 Å². The molecule has 0 aliphatic carbocycles. The van der Waals surface area contributed by atoms with Crippen molar-refractivity contribution < 1.29 is 33.0 Å². The highest BCUT2D eigenvalue weighted by Crippen LogP contribution is 2.33. The van der Waals surface area contributed by atoms with Crippen LogP contribution in [-0.2, 0) is 19.0 Å². The number of benzene rings is 2. The van der Waals surface area contributed by atoms with E-state index in [0.717, 1.165) is 6.92 Å². The highest BCUT2D eigenvalue weighted by Gasteiger charge is 2.58. The smallest absolute Gasteiger partial charge is 0.348 e. The quantitative estimate of drug-likeness (QED) is 0.593. The van der Waals surface area contributed by atoms with Gasteiger partial charge >= 0.3 is 17.9 Å². The first-order valence-electron chi connectivity index (χ1n) is 8.28. The molecule has 0 bridgehead atoms. The van der Waals surface area contributed by atoms with Gasteiger partial charge in [0.1, 0.15) is 6.61 Å². The minimum absolute atomic E-state index is 0.202. The second-order valence-electron chi connectivity index (χ2n) is 6.18. The SMILES string of the molecule is C[C@]1(F)C(=O)O[C@H](COC(=O)c2ccccc2)C1OC(=O)c1ccccc1. The van der Waals surface area contributed by atoms with Crippen LogP contribution in [0.15, 0.2) is 60.7 Å². The Labute approximate surface area is 154 Å². The average Bonchev–Trinajstić information content (AvgIpc) is 2.90. The lowest BCUT2D eigenvalue weighted by Gasteiger charge is -2.22. The van der Waals surface area contributed by atoms with Gasteiger partial charge in [0, 0.05) is 0 Å². The van der Waals surface area contributed by atoms with Crippen LogP contribution in [-0.4, -0.2) is 42.4 Å². The Morgan fingerprint density at radius 2 is 1.52 bits per heavy atom. The molecule has 1 aliphatic heterocycles. The Hall–Kier alpha value is -3.22. The number of rotatable bonds is 5. The van der Waals surface area contributed by atoms with Crippen LogP contribution in [0.3, 0.4) is 0 Å². The topological polar surface area (TPSA) is 78.9 Å². The van der Waals surface area contributed by atoms with Gasteiger partial charge in [-0.25, -0.2) is 18.8 Å². The Morgan fingerprint density at radius 3 is 2.07 bits per heavy atom. The summed E-state index contributed by atoms with van der Waals surface area (Å²) in [6.07, 6.45) is -2.78. The van der Waals surface area contributed by atoms with Crippen LogP contribution in [0, 0.1) is 0 Å². The highest BCUT2D eigenvalue weighted by molar-refractivity contribution is 5.91. The van der Waals surface area contributed by atoms with Gasteiger partial charge in [0.25, 0.3) is 0 Å². The normalized spacial score (nSPS) is 24.1. The van der Waals surface area contributed by atoms with Gasteiger partial charge in [-0.1, -0.05) is 36.4 Å². The Kier molecular flexibility index (Phi) is 5.21. The summed E-state index contributed by atoms with van der Waals surface area (Å²) in [6.45, 7) is 0.531. The van der Waals surface area contributed by atoms with Crippen molar-refractivity contribution in [2.45, 2.75) is 24.8 Å². The first-order valence-corrected chi connectivity index (χ1v) is 8.28. The molecule has 1 unspecified atom stereocenters. The fourth-order valence-electron chi connectivity index (χ4n) is 2.66. The van der Waals surface area contributed by atoms with Gasteiger partial charge in [0.2, 0.25) is 5.67 Å². The lowest BCUT2D eigenvalue weighted by molar-refractivity contribution is -0.150. The van der Waals surface area contributed by atoms with Crippen LogP contribution in [0.1, 0.15) is 27.6 Å². The third-order valence-corrected chi connectivity index (χ3v) is 4.16. The van der Waals surface area contributed by atoms with E-state index in [1.54, 1.807) is 48.5 Å². The molecule has 1 heterocycles. The molecule has 140 valence electrons. The van der Waals surface area contributed by atoms with E-state index < -0.39 is 42.4 Å². The van der Waals surface area contributed by atoms with Crippen molar-refractivity contribution in [3.05, 3.63) is 71.8 Å². The fraction of sp³-hybridized carbons (Fsp3) is 0.250. The van der Waals surface area contributed by atoms with Crippen molar-refractivity contribution in [2.75, 3.05) is 6.61 Å². The van der Waals surface area contributed by atoms with Crippen LogP contribution in [0.25, 0.3) is 0 Å². The van der Waals surface area contributed by atoms with E-state index in [2.05, 4.69) is 0 Å². The number of halogens is 1. The van der Waals surface area contributed by atoms with Gasteiger partial charge in [-0.05, 0) is 31.2 Å². The van der Waals surface area contributed by atoms with Gasteiger partial charge in [0.15, 0.2) is 12.2 Å². The van der Waals surface area contributed by atoms with E-state index in [1.807, 2.05) is 0 Å². The number of hydrogen-bond acceptors (Lipinski definition) is 6. The number of hydrogen-bond donors (Lipinski definition) is 0. The molecule has 1 saturated heterocycles. The molecule has 27 heavy (non-hydrogen) atoms. The molecular weight excluding hydrogens is 355 g/mol. The van der Waals surface area contributed by atoms with Crippen LogP contribution in [0.2, 0.25) is 0 Å². The Morgan fingerprint density at radius 1 is 1.00 bits per heavy atom. The van der Waals surface area contributed by atoms with Crippen molar-refractivity contribution in [1.82, 2.24) is 0 Å². The zero-order chi connectivity index (χ0) is 19.4. The molecule has 0 N–H and O–H groups in total. The summed E-state index contributed by atoms with van der Waals surface area (Å²) in [6, 6.07) is 16.1. The fourth-order valence-corrected chi connectivity index (χ4v) is 2.66. The van der Waals surface area contributed by atoms with Crippen molar-refractivity contribution in [2.24, 2.45) is 0 Å². The van der Waals surface area contributed by atoms with Crippen molar-refractivity contribution in [3.8, 4) is 0 Å². The second kappa shape index (κ2) is 7.57. The first kappa shape index (κ1) is 18.6. The largest absolute Gasteiger partial charge is 0.458 e. The number of ether oxygens (including phenoxy) is 3. The van der Waals surface area contributed by atoms with Crippen LogP contribution in [0.4, 0.5) is 4.39 Å². The lowest BCUT2D eigenvalue weighted by atomic mass is 10.00. The number of alkyl halides is 1. The second-order valence-corrected chi connectivity index (χ2v) is 6.18. The van der Waals surface area contributed by atoms with Gasteiger partial charge in [-0.2, -0.15) is 0 Å². The lowest BCUT2D eigenvalue weighted by Crippen LogP contribution is -2.44. The molecular formula is C20H17FO6. The van der Waals surface area contributed by atoms with Crippen LogP contribution >= 0.6 is 0 Å². The standard InChI is InChI=1S/C20H17FO6/c1-20(21)16(27-18(23)14-10-6-3-7-11-14)15(26-19(20)24)12-25-17(22)13-8-4-2-5-9-13/h2-11,15-16H,12H2,1H3/t15-,16?,20-/m1/s1. The average molecular weight is 372 g/mol. The first-order chi connectivity index (χ1) is 12.9. The predicted molar refractivity (Wildman–Crippen MR) is 91.8 cm³/mol. The summed E-state index contributed by atoms with van der Waals surface area (Å²) in [5.74, 6) is -2.64. The molecule has 6 nitrogen and oxygen atoms in total. The molecule has 3 rings (SSSR count). The molecule has 2 aromatic rings. The van der Waals surface area contributed by atoms with Crippen LogP contribution in [0.5, 0.6) is 0 Å². The predicted octanol–water partition coefficient (Wildman–Crippen LogP) is 2.72. The number of carbonyl (C=O) groups is 3. The molecule has 0 aromatic heterocycles. The third kappa shape index (κ3) is 3.97. The molecule has 1 aliphatic rings. The highest BCUT2D eigenvalue weighted by atomic mass is 19.1. The van der Waals surface area contributed by atoms with Crippen molar-refractivity contribution in [1.29, 1.82) is 0 Å². The Balaban J connectivity index is 1.70. The van der Waals surface area contributed by atoms with Gasteiger partial charge < -0.3 is 14.2 Å². The maximum Gasteiger partial charge on any atom is 0.348 e. The maximum atomic E-state index is 14.8. The molecule has 0 spiro atoms. The van der Waals surface area contributed by atoms with Crippen molar-refractivity contribution in [3.63, 3.8) is 0 Å².